The lowest BCUT2D eigenvalue weighted by Crippen LogP contribution is -2.36. The molecule has 0 atom stereocenters. The molecule has 160 valence electrons. The van der Waals surface area contributed by atoms with E-state index in [1.165, 1.54) is 43.4 Å². The molecule has 4 rings (SSSR count). The number of phenols is 1. The average molecular weight is 402 g/mol. The fourth-order valence-corrected chi connectivity index (χ4v) is 3.05. The van der Waals surface area contributed by atoms with E-state index in [0.717, 1.165) is 23.6 Å². The lowest BCUT2D eigenvalue weighted by Gasteiger charge is -2.27. The first-order valence-electron chi connectivity index (χ1n) is 10.5. The molecule has 29 heavy (non-hydrogen) atoms. The predicted molar refractivity (Wildman–Crippen MR) is 117 cm³/mol. The van der Waals surface area contributed by atoms with E-state index >= 15 is 0 Å². The molecule has 3 aliphatic rings. The van der Waals surface area contributed by atoms with Crippen molar-refractivity contribution in [1.82, 2.24) is 10.2 Å². The number of ketones is 1. The maximum atomic E-state index is 11.8. The zero-order valence-corrected chi connectivity index (χ0v) is 18.1. The minimum Gasteiger partial charge on any atom is -0.505 e. The van der Waals surface area contributed by atoms with Crippen molar-refractivity contribution in [2.45, 2.75) is 64.8 Å². The number of phenolic OH excluding ortho intramolecular Hbond substituents is 1. The number of anilines is 1. The number of benzene rings is 1. The quantitative estimate of drug-likeness (QED) is 0.514. The van der Waals surface area contributed by atoms with Crippen molar-refractivity contribution in [3.05, 3.63) is 35.2 Å². The molecule has 6 nitrogen and oxygen atoms in total. The molecule has 0 aliphatic heterocycles. The molecule has 0 radical (unpaired) electrons. The maximum Gasteiger partial charge on any atom is 0.209 e. The summed E-state index contributed by atoms with van der Waals surface area (Å²) in [5, 5.41) is 16.5. The summed E-state index contributed by atoms with van der Waals surface area (Å²) < 4.78 is 0. The Labute approximate surface area is 174 Å². The minimum atomic E-state index is 0.103. The number of hydrogen-bond acceptors (Lipinski definition) is 5. The third-order valence-corrected chi connectivity index (χ3v) is 5.23. The Morgan fingerprint density at radius 3 is 2.21 bits per heavy atom. The molecule has 0 heterocycles. The van der Waals surface area contributed by atoms with Crippen LogP contribution in [0, 0.1) is 12.8 Å². The Morgan fingerprint density at radius 2 is 1.72 bits per heavy atom. The number of nitrogens with zero attached hydrogens (tertiary/aromatic N) is 1. The van der Waals surface area contributed by atoms with Crippen LogP contribution < -0.4 is 10.6 Å². The summed E-state index contributed by atoms with van der Waals surface area (Å²) in [5.74, 6) is 1.39. The zero-order valence-electron chi connectivity index (χ0n) is 18.1. The van der Waals surface area contributed by atoms with E-state index in [4.69, 9.17) is 0 Å². The fraction of sp³-hybridized carbons (Fsp3) is 0.565. The topological polar surface area (TPSA) is 81.7 Å². The number of para-hydroxylation sites is 1. The molecule has 1 aromatic rings. The van der Waals surface area contributed by atoms with Gasteiger partial charge in [-0.1, -0.05) is 44.7 Å². The van der Waals surface area contributed by atoms with Gasteiger partial charge in [0.1, 0.15) is 11.4 Å². The third-order valence-electron chi connectivity index (χ3n) is 5.23. The fourth-order valence-electron chi connectivity index (χ4n) is 3.05. The van der Waals surface area contributed by atoms with Crippen LogP contribution in [0.1, 0.15) is 57.4 Å². The minimum absolute atomic E-state index is 0.103. The highest BCUT2D eigenvalue weighted by atomic mass is 16.3. The van der Waals surface area contributed by atoms with Crippen molar-refractivity contribution in [3.8, 4) is 5.75 Å². The van der Waals surface area contributed by atoms with Gasteiger partial charge in [0.2, 0.25) is 6.41 Å². The van der Waals surface area contributed by atoms with Crippen molar-refractivity contribution >= 4 is 17.9 Å². The first-order valence-corrected chi connectivity index (χ1v) is 10.5. The Morgan fingerprint density at radius 1 is 1.14 bits per heavy atom. The van der Waals surface area contributed by atoms with Crippen LogP contribution in [0.25, 0.3) is 0 Å². The molecule has 2 saturated carbocycles. The van der Waals surface area contributed by atoms with Crippen LogP contribution in [0.2, 0.25) is 0 Å². The molecular weight excluding hydrogens is 366 g/mol. The number of amides is 1. The van der Waals surface area contributed by atoms with Gasteiger partial charge in [0.25, 0.3) is 0 Å². The molecule has 0 aromatic heterocycles. The highest BCUT2D eigenvalue weighted by molar-refractivity contribution is 6.06. The second-order valence-electron chi connectivity index (χ2n) is 8.43. The molecule has 1 aromatic carbocycles. The maximum absolute atomic E-state index is 11.8. The number of allylic oxidation sites excluding steroid dienone is 2. The van der Waals surface area contributed by atoms with Crippen molar-refractivity contribution in [3.63, 3.8) is 0 Å². The summed E-state index contributed by atoms with van der Waals surface area (Å²) in [5.41, 5.74) is 2.99. The van der Waals surface area contributed by atoms with Gasteiger partial charge in [-0.05, 0) is 37.3 Å². The Hall–Kier alpha value is -2.50. The summed E-state index contributed by atoms with van der Waals surface area (Å²) in [7, 11) is 3.38. The van der Waals surface area contributed by atoms with E-state index in [1.807, 2.05) is 19.1 Å². The van der Waals surface area contributed by atoms with Gasteiger partial charge >= 0.3 is 0 Å². The van der Waals surface area contributed by atoms with Crippen LogP contribution in [0.4, 0.5) is 5.69 Å². The number of rotatable bonds is 5. The third kappa shape index (κ3) is 7.44. The van der Waals surface area contributed by atoms with Gasteiger partial charge in [0.05, 0.1) is 12.1 Å². The van der Waals surface area contributed by atoms with Crippen molar-refractivity contribution < 1.29 is 14.7 Å². The number of Topliss-reactive ketones (excluding diaryl/α,β-unsaturated/α-hetero) is 1. The molecule has 0 unspecified atom stereocenters. The molecule has 0 saturated heterocycles. The van der Waals surface area contributed by atoms with E-state index in [0.29, 0.717) is 23.8 Å². The number of aromatic hydroxyl groups is 1. The van der Waals surface area contributed by atoms with Gasteiger partial charge in [-0.3, -0.25) is 9.59 Å². The van der Waals surface area contributed by atoms with E-state index in [-0.39, 0.29) is 11.5 Å². The highest BCUT2D eigenvalue weighted by Crippen LogP contribution is 2.32. The normalized spacial score (nSPS) is 18.0. The van der Waals surface area contributed by atoms with Crippen molar-refractivity contribution in [2.24, 2.45) is 5.92 Å². The number of aryl methyl sites for hydroxylation is 1. The van der Waals surface area contributed by atoms with Gasteiger partial charge < -0.3 is 20.6 Å². The van der Waals surface area contributed by atoms with E-state index in [9.17, 15) is 14.7 Å². The smallest absolute Gasteiger partial charge is 0.209 e. The second-order valence-corrected chi connectivity index (χ2v) is 8.43. The van der Waals surface area contributed by atoms with Crippen LogP contribution >= 0.6 is 0 Å². The van der Waals surface area contributed by atoms with Gasteiger partial charge in [-0.2, -0.15) is 0 Å². The Balaban J connectivity index is 0.000000277. The first-order chi connectivity index (χ1) is 13.8. The van der Waals surface area contributed by atoms with Gasteiger partial charge in [0, 0.05) is 25.8 Å². The van der Waals surface area contributed by atoms with Gasteiger partial charge in [-0.15, -0.1) is 0 Å². The Bertz CT molecular complexity index is 733. The number of nitrogens with one attached hydrogen (secondary N) is 2. The molecule has 1 amide bonds. The van der Waals surface area contributed by atoms with Crippen LogP contribution in [0.15, 0.2) is 29.6 Å². The standard InChI is InChI=1S/C16H20N2O2.C4H8.C3H7NO/c1-10-5-4-8-12(16(10)20)18-15-13(9-14(15)19)17-11-6-2-3-7-11;1-4-2-3-4;1-4(2)3-5/h4-5,8,11,17-18,20H,2-3,6-7,9H2,1H3;4H,2-3H2,1H3;3H,1-2H3. The monoisotopic (exact) mass is 401 g/mol. The molecule has 3 aliphatic carbocycles. The molecule has 3 N–H and O–H groups in total. The highest BCUT2D eigenvalue weighted by Gasteiger charge is 2.30. The SMILES string of the molecule is CC1CC1.CN(C)C=O.Cc1cccc(NC2=C(NC3CCCC3)CC2=O)c1O. The summed E-state index contributed by atoms with van der Waals surface area (Å²) in [6.07, 6.45) is 9.09. The van der Waals surface area contributed by atoms with Gasteiger partial charge in [-0.25, -0.2) is 0 Å². The number of carbonyl (C=O) groups is 2. The van der Waals surface area contributed by atoms with Crippen molar-refractivity contribution in [2.75, 3.05) is 19.4 Å². The zero-order chi connectivity index (χ0) is 21.4. The van der Waals surface area contributed by atoms with Crippen molar-refractivity contribution in [1.29, 1.82) is 0 Å². The molecule has 0 spiro atoms. The summed E-state index contributed by atoms with van der Waals surface area (Å²) in [6, 6.07) is 6.00. The van der Waals surface area contributed by atoms with E-state index < -0.39 is 0 Å². The molecule has 6 heteroatoms. The number of carbonyl (C=O) groups excluding carboxylic acids is 2. The van der Waals surface area contributed by atoms with Crippen LogP contribution in [0.5, 0.6) is 5.75 Å². The van der Waals surface area contributed by atoms with E-state index in [2.05, 4.69) is 17.6 Å². The second kappa shape index (κ2) is 10.9. The Kier molecular flexibility index (Phi) is 8.55. The largest absolute Gasteiger partial charge is 0.505 e. The lowest BCUT2D eigenvalue weighted by atomic mass is 9.97. The summed E-state index contributed by atoms with van der Waals surface area (Å²) >= 11 is 0. The molecular formula is C23H35N3O3. The molecule has 2 fully saturated rings. The summed E-state index contributed by atoms with van der Waals surface area (Å²) in [4.78, 5) is 22.6. The van der Waals surface area contributed by atoms with Crippen LogP contribution in [-0.4, -0.2) is 42.3 Å². The summed E-state index contributed by atoms with van der Waals surface area (Å²) in [6.45, 7) is 4.12. The van der Waals surface area contributed by atoms with Crippen LogP contribution in [0.3, 0.4) is 0 Å². The lowest BCUT2D eigenvalue weighted by molar-refractivity contribution is -0.117. The predicted octanol–water partition coefficient (Wildman–Crippen LogP) is 3.95. The van der Waals surface area contributed by atoms with E-state index in [1.54, 1.807) is 20.2 Å². The van der Waals surface area contributed by atoms with Crippen LogP contribution in [-0.2, 0) is 9.59 Å². The first kappa shape index (κ1) is 22.8. The average Bonchev–Trinajstić information content (AvgIpc) is 3.30. The number of hydrogen-bond donors (Lipinski definition) is 3. The molecule has 0 bridgehead atoms. The van der Waals surface area contributed by atoms with Gasteiger partial charge in [0.15, 0.2) is 5.78 Å².